The van der Waals surface area contributed by atoms with E-state index in [0.29, 0.717) is 6.54 Å². The average Bonchev–Trinajstić information content (AvgIpc) is 2.10. The Morgan fingerprint density at radius 3 is 2.67 bits per heavy atom. The second-order valence-electron chi connectivity index (χ2n) is 2.85. The molecule has 0 rings (SSSR count). The minimum Gasteiger partial charge on any atom is -0.327 e. The summed E-state index contributed by atoms with van der Waals surface area (Å²) in [5.74, 6) is 1.53. The topological polar surface area (TPSA) is 26.0 Å². The van der Waals surface area contributed by atoms with Crippen molar-refractivity contribution in [1.82, 2.24) is 0 Å². The minimum absolute atomic E-state index is 0.583. The van der Waals surface area contributed by atoms with E-state index in [9.17, 15) is 0 Å². The molecule has 0 spiro atoms. The molecule has 0 heterocycles. The van der Waals surface area contributed by atoms with Gasteiger partial charge in [0.25, 0.3) is 0 Å². The predicted molar refractivity (Wildman–Crippen MR) is 56.1 cm³/mol. The van der Waals surface area contributed by atoms with Crippen molar-refractivity contribution in [2.45, 2.75) is 19.8 Å². The Morgan fingerprint density at radius 2 is 2.17 bits per heavy atom. The standard InChI is InChI=1S/C10H16BN/c1-9(4-3-7-11)5-6-10(2)8-12/h3-4,7H,2,5-6,8,12H2,1H3/b7-3+,9-4+. The van der Waals surface area contributed by atoms with Gasteiger partial charge < -0.3 is 5.73 Å². The molecule has 0 aromatic carbocycles. The van der Waals surface area contributed by atoms with E-state index < -0.39 is 0 Å². The summed E-state index contributed by atoms with van der Waals surface area (Å²) >= 11 is 0. The first-order valence-corrected chi connectivity index (χ1v) is 4.11. The SMILES string of the molecule is [B]/C=C/C=C(\C)CCC(=C)CN. The van der Waals surface area contributed by atoms with Crippen LogP contribution in [0.25, 0.3) is 0 Å². The number of nitrogens with two attached hydrogens (primary N) is 1. The van der Waals surface area contributed by atoms with Crippen LogP contribution in [0.5, 0.6) is 0 Å². The molecular weight excluding hydrogens is 145 g/mol. The number of hydrogen-bond donors (Lipinski definition) is 1. The fourth-order valence-corrected chi connectivity index (χ4v) is 0.779. The first-order chi connectivity index (χ1) is 5.70. The van der Waals surface area contributed by atoms with Gasteiger partial charge in [0, 0.05) is 6.54 Å². The Morgan fingerprint density at radius 1 is 1.50 bits per heavy atom. The van der Waals surface area contributed by atoms with Gasteiger partial charge in [0.2, 0.25) is 0 Å². The fourth-order valence-electron chi connectivity index (χ4n) is 0.779. The second kappa shape index (κ2) is 6.92. The van der Waals surface area contributed by atoms with Crippen LogP contribution in [0, 0.1) is 0 Å². The van der Waals surface area contributed by atoms with E-state index in [1.807, 2.05) is 12.2 Å². The van der Waals surface area contributed by atoms with E-state index in [2.05, 4.69) is 13.5 Å². The van der Waals surface area contributed by atoms with Crippen molar-refractivity contribution in [3.05, 3.63) is 35.9 Å². The van der Waals surface area contributed by atoms with E-state index in [0.717, 1.165) is 18.4 Å². The smallest absolute Gasteiger partial charge is 0.102 e. The lowest BCUT2D eigenvalue weighted by atomic mass is 10.1. The number of allylic oxidation sites excluding steroid dienone is 3. The van der Waals surface area contributed by atoms with E-state index in [4.69, 9.17) is 13.6 Å². The Bertz CT molecular complexity index is 192. The first-order valence-electron chi connectivity index (χ1n) is 4.11. The van der Waals surface area contributed by atoms with Crippen LogP contribution < -0.4 is 5.73 Å². The van der Waals surface area contributed by atoms with Crippen molar-refractivity contribution < 1.29 is 0 Å². The number of hydrogen-bond acceptors (Lipinski definition) is 1. The molecule has 64 valence electrons. The maximum Gasteiger partial charge on any atom is 0.102 e. The monoisotopic (exact) mass is 161 g/mol. The van der Waals surface area contributed by atoms with Crippen molar-refractivity contribution in [3.8, 4) is 0 Å². The molecule has 0 saturated heterocycles. The van der Waals surface area contributed by atoms with Gasteiger partial charge >= 0.3 is 0 Å². The van der Waals surface area contributed by atoms with Crippen molar-refractivity contribution in [1.29, 1.82) is 0 Å². The molecule has 0 saturated carbocycles. The van der Waals surface area contributed by atoms with Crippen LogP contribution >= 0.6 is 0 Å². The van der Waals surface area contributed by atoms with Crippen molar-refractivity contribution in [3.63, 3.8) is 0 Å². The van der Waals surface area contributed by atoms with Crippen LogP contribution in [0.4, 0.5) is 0 Å². The summed E-state index contributed by atoms with van der Waals surface area (Å²) < 4.78 is 0. The molecule has 0 aromatic heterocycles. The highest BCUT2D eigenvalue weighted by Gasteiger charge is 1.92. The highest BCUT2D eigenvalue weighted by molar-refractivity contribution is 6.17. The number of rotatable bonds is 5. The van der Waals surface area contributed by atoms with Crippen LogP contribution in [-0.4, -0.2) is 14.4 Å². The molecule has 0 aliphatic carbocycles. The molecule has 2 N–H and O–H groups in total. The zero-order valence-electron chi connectivity index (χ0n) is 7.72. The molecule has 0 atom stereocenters. The lowest BCUT2D eigenvalue weighted by Gasteiger charge is -2.01. The van der Waals surface area contributed by atoms with Crippen LogP contribution in [-0.2, 0) is 0 Å². The summed E-state index contributed by atoms with van der Waals surface area (Å²) in [6.45, 7) is 6.49. The highest BCUT2D eigenvalue weighted by atomic mass is 14.5. The van der Waals surface area contributed by atoms with Crippen LogP contribution in [0.3, 0.4) is 0 Å². The minimum atomic E-state index is 0.583. The molecule has 0 unspecified atom stereocenters. The quantitative estimate of drug-likeness (QED) is 0.372. The Balaban J connectivity index is 3.70. The van der Waals surface area contributed by atoms with Gasteiger partial charge in [0.15, 0.2) is 0 Å². The van der Waals surface area contributed by atoms with Gasteiger partial charge in [-0.2, -0.15) is 0 Å². The maximum atomic E-state index is 5.41. The summed E-state index contributed by atoms with van der Waals surface area (Å²) in [6.07, 6.45) is 5.82. The highest BCUT2D eigenvalue weighted by Crippen LogP contribution is 2.08. The summed E-state index contributed by atoms with van der Waals surface area (Å²) in [7, 11) is 5.20. The molecule has 0 aliphatic rings. The largest absolute Gasteiger partial charge is 0.327 e. The van der Waals surface area contributed by atoms with Gasteiger partial charge in [-0.3, -0.25) is 0 Å². The third-order valence-electron chi connectivity index (χ3n) is 1.65. The lowest BCUT2D eigenvalue weighted by molar-refractivity contribution is 0.896. The maximum absolute atomic E-state index is 5.41. The van der Waals surface area contributed by atoms with Crippen LogP contribution in [0.15, 0.2) is 35.9 Å². The molecule has 2 radical (unpaired) electrons. The average molecular weight is 161 g/mol. The Kier molecular flexibility index (Phi) is 6.49. The summed E-state index contributed by atoms with van der Waals surface area (Å²) in [6, 6.07) is 0. The molecule has 0 bridgehead atoms. The van der Waals surface area contributed by atoms with Crippen molar-refractivity contribution in [2.24, 2.45) is 5.73 Å². The van der Waals surface area contributed by atoms with E-state index >= 15 is 0 Å². The molecule has 0 aromatic rings. The summed E-state index contributed by atoms with van der Waals surface area (Å²) in [5, 5.41) is 0. The van der Waals surface area contributed by atoms with Gasteiger partial charge in [-0.25, -0.2) is 0 Å². The van der Waals surface area contributed by atoms with Crippen molar-refractivity contribution >= 4 is 7.85 Å². The van der Waals surface area contributed by atoms with E-state index in [1.165, 1.54) is 11.5 Å². The fraction of sp³-hybridized carbons (Fsp3) is 0.400. The normalized spacial score (nSPS) is 12.3. The molecule has 0 amide bonds. The third-order valence-corrected chi connectivity index (χ3v) is 1.65. The van der Waals surface area contributed by atoms with Gasteiger partial charge in [-0.15, -0.1) is 5.98 Å². The summed E-state index contributed by atoms with van der Waals surface area (Å²) in [4.78, 5) is 0. The Labute approximate surface area is 76.4 Å². The molecule has 0 fully saturated rings. The molecule has 1 nitrogen and oxygen atoms in total. The van der Waals surface area contributed by atoms with Crippen LogP contribution in [0.2, 0.25) is 0 Å². The zero-order valence-corrected chi connectivity index (χ0v) is 7.72. The molecular formula is C10H16BN. The van der Waals surface area contributed by atoms with Gasteiger partial charge in [0.05, 0.1) is 0 Å². The van der Waals surface area contributed by atoms with Gasteiger partial charge in [0.1, 0.15) is 7.85 Å². The van der Waals surface area contributed by atoms with Crippen LogP contribution in [0.1, 0.15) is 19.8 Å². The molecule has 0 aliphatic heterocycles. The zero-order chi connectivity index (χ0) is 9.40. The third kappa shape index (κ3) is 5.99. The summed E-state index contributed by atoms with van der Waals surface area (Å²) in [5.41, 5.74) is 7.80. The first kappa shape index (κ1) is 11.2. The van der Waals surface area contributed by atoms with Gasteiger partial charge in [-0.05, 0) is 19.8 Å². The lowest BCUT2D eigenvalue weighted by Crippen LogP contribution is -2.01. The van der Waals surface area contributed by atoms with Gasteiger partial charge in [-0.1, -0.05) is 29.9 Å². The second-order valence-corrected chi connectivity index (χ2v) is 2.85. The Hall–Kier alpha value is -0.755. The van der Waals surface area contributed by atoms with E-state index in [-0.39, 0.29) is 0 Å². The van der Waals surface area contributed by atoms with E-state index in [1.54, 1.807) is 0 Å². The molecule has 2 heteroatoms. The molecule has 12 heavy (non-hydrogen) atoms. The predicted octanol–water partition coefficient (Wildman–Crippen LogP) is 1.91. The van der Waals surface area contributed by atoms with Crippen molar-refractivity contribution in [2.75, 3.05) is 6.54 Å².